The van der Waals surface area contributed by atoms with Gasteiger partial charge in [0.15, 0.2) is 0 Å². The summed E-state index contributed by atoms with van der Waals surface area (Å²) in [5.41, 5.74) is 3.96. The second-order valence-corrected chi connectivity index (χ2v) is 5.37. The van der Waals surface area contributed by atoms with Crippen LogP contribution in [0.3, 0.4) is 0 Å². The van der Waals surface area contributed by atoms with Crippen LogP contribution in [0, 0.1) is 0 Å². The zero-order chi connectivity index (χ0) is 14.6. The van der Waals surface area contributed by atoms with Gasteiger partial charge in [0.05, 0.1) is 18.3 Å². The van der Waals surface area contributed by atoms with Crippen LogP contribution in [-0.2, 0) is 16.0 Å². The first-order valence-corrected chi connectivity index (χ1v) is 6.79. The van der Waals surface area contributed by atoms with E-state index in [2.05, 4.69) is 0 Å². The summed E-state index contributed by atoms with van der Waals surface area (Å²) in [5, 5.41) is 10.3. The van der Waals surface area contributed by atoms with Crippen LogP contribution >= 0.6 is 0 Å². The Balaban J connectivity index is 1.87. The van der Waals surface area contributed by atoms with Gasteiger partial charge in [-0.2, -0.15) is 0 Å². The Kier molecular flexibility index (Phi) is 4.44. The number of aryl methyl sites for hydroxylation is 1. The van der Waals surface area contributed by atoms with Gasteiger partial charge in [0, 0.05) is 25.9 Å². The Morgan fingerprint density at radius 2 is 2.30 bits per heavy atom. The van der Waals surface area contributed by atoms with E-state index in [9.17, 15) is 14.7 Å². The summed E-state index contributed by atoms with van der Waals surface area (Å²) in [7, 11) is 0. The van der Waals surface area contributed by atoms with E-state index < -0.39 is 11.5 Å². The summed E-state index contributed by atoms with van der Waals surface area (Å²) in [6.45, 7) is 0.783. The highest BCUT2D eigenvalue weighted by atomic mass is 16.3. The summed E-state index contributed by atoms with van der Waals surface area (Å²) < 4.78 is 5.18. The van der Waals surface area contributed by atoms with Crippen molar-refractivity contribution in [2.24, 2.45) is 5.73 Å². The molecule has 1 aromatic rings. The van der Waals surface area contributed by atoms with E-state index in [1.54, 1.807) is 17.2 Å². The molecule has 1 unspecified atom stereocenters. The Morgan fingerprint density at radius 1 is 1.50 bits per heavy atom. The van der Waals surface area contributed by atoms with Gasteiger partial charge in [-0.15, -0.1) is 0 Å². The van der Waals surface area contributed by atoms with Gasteiger partial charge in [-0.25, -0.2) is 0 Å². The molecule has 1 saturated heterocycles. The average molecular weight is 280 g/mol. The van der Waals surface area contributed by atoms with E-state index in [0.29, 0.717) is 32.2 Å². The number of amides is 2. The topological polar surface area (TPSA) is 96.8 Å². The zero-order valence-electron chi connectivity index (χ0n) is 11.4. The van der Waals surface area contributed by atoms with E-state index in [0.717, 1.165) is 5.76 Å². The van der Waals surface area contributed by atoms with Crippen molar-refractivity contribution in [3.63, 3.8) is 0 Å². The van der Waals surface area contributed by atoms with Crippen LogP contribution in [-0.4, -0.2) is 40.5 Å². The molecular weight excluding hydrogens is 260 g/mol. The number of carbonyl (C=O) groups excluding carboxylic acids is 2. The van der Waals surface area contributed by atoms with Crippen molar-refractivity contribution in [1.29, 1.82) is 0 Å². The molecule has 3 N–H and O–H groups in total. The normalized spacial score (nSPS) is 22.8. The van der Waals surface area contributed by atoms with Gasteiger partial charge in [-0.1, -0.05) is 0 Å². The van der Waals surface area contributed by atoms with E-state index in [1.165, 1.54) is 0 Å². The Bertz CT molecular complexity index is 472. The number of piperidine rings is 1. The minimum absolute atomic E-state index is 0.0380. The van der Waals surface area contributed by atoms with Crippen molar-refractivity contribution in [2.45, 2.75) is 37.7 Å². The fourth-order valence-corrected chi connectivity index (χ4v) is 2.64. The lowest BCUT2D eigenvalue weighted by Crippen LogP contribution is -2.51. The van der Waals surface area contributed by atoms with Crippen LogP contribution in [0.4, 0.5) is 0 Å². The number of aliphatic hydroxyl groups is 1. The largest absolute Gasteiger partial charge is 0.469 e. The number of β-amino-alcohol motifs (C(OH)–C–C–N with tert-alkyl or cyclic N) is 1. The van der Waals surface area contributed by atoms with Crippen LogP contribution < -0.4 is 5.73 Å². The molecule has 2 heterocycles. The Morgan fingerprint density at radius 3 is 2.95 bits per heavy atom. The number of nitrogens with two attached hydrogens (primary N) is 1. The quantitative estimate of drug-likeness (QED) is 0.818. The van der Waals surface area contributed by atoms with Crippen LogP contribution in [0.1, 0.15) is 31.4 Å². The monoisotopic (exact) mass is 280 g/mol. The average Bonchev–Trinajstić information content (AvgIpc) is 2.87. The first-order chi connectivity index (χ1) is 9.48. The maximum absolute atomic E-state index is 12.1. The summed E-state index contributed by atoms with van der Waals surface area (Å²) in [5.74, 6) is 0.184. The van der Waals surface area contributed by atoms with Crippen molar-refractivity contribution in [2.75, 3.05) is 13.1 Å². The SMILES string of the molecule is NC(=O)CC1(O)CCCN(C(=O)CCc2ccco2)C1. The third kappa shape index (κ3) is 3.84. The standard InChI is InChI=1S/C14H20N2O4/c15-12(17)9-14(19)6-2-7-16(10-14)13(18)5-4-11-3-1-8-20-11/h1,3,8,19H,2,4-7,9-10H2,(H2,15,17). The lowest BCUT2D eigenvalue weighted by atomic mass is 9.89. The number of likely N-dealkylation sites (tertiary alicyclic amines) is 1. The van der Waals surface area contributed by atoms with Crippen molar-refractivity contribution in [3.05, 3.63) is 24.2 Å². The van der Waals surface area contributed by atoms with Gasteiger partial charge in [0.2, 0.25) is 11.8 Å². The van der Waals surface area contributed by atoms with Crippen LogP contribution in [0.15, 0.2) is 22.8 Å². The fraction of sp³-hybridized carbons (Fsp3) is 0.571. The number of nitrogens with zero attached hydrogens (tertiary/aromatic N) is 1. The van der Waals surface area contributed by atoms with Crippen LogP contribution in [0.25, 0.3) is 0 Å². The molecule has 1 aliphatic rings. The molecule has 1 aromatic heterocycles. The lowest BCUT2D eigenvalue weighted by Gasteiger charge is -2.38. The second-order valence-electron chi connectivity index (χ2n) is 5.37. The highest BCUT2D eigenvalue weighted by Gasteiger charge is 2.36. The maximum atomic E-state index is 12.1. The molecule has 0 bridgehead atoms. The molecule has 0 radical (unpaired) electrons. The molecule has 2 rings (SSSR count). The smallest absolute Gasteiger partial charge is 0.223 e. The maximum Gasteiger partial charge on any atom is 0.223 e. The molecular formula is C14H20N2O4. The van der Waals surface area contributed by atoms with Gasteiger partial charge in [0.1, 0.15) is 5.76 Å². The molecule has 1 fully saturated rings. The van der Waals surface area contributed by atoms with Crippen LogP contribution in [0.5, 0.6) is 0 Å². The number of hydrogen-bond donors (Lipinski definition) is 2. The number of carbonyl (C=O) groups is 2. The molecule has 1 aliphatic heterocycles. The minimum Gasteiger partial charge on any atom is -0.469 e. The molecule has 1 atom stereocenters. The van der Waals surface area contributed by atoms with Gasteiger partial charge in [-0.3, -0.25) is 9.59 Å². The molecule has 2 amide bonds. The van der Waals surface area contributed by atoms with Crippen molar-refractivity contribution in [3.8, 4) is 0 Å². The molecule has 0 saturated carbocycles. The van der Waals surface area contributed by atoms with E-state index in [4.69, 9.17) is 10.2 Å². The highest BCUT2D eigenvalue weighted by molar-refractivity contribution is 5.77. The van der Waals surface area contributed by atoms with Crippen molar-refractivity contribution < 1.29 is 19.1 Å². The molecule has 6 heteroatoms. The predicted octanol–water partition coefficient (Wildman–Crippen LogP) is 0.441. The molecule has 20 heavy (non-hydrogen) atoms. The van der Waals surface area contributed by atoms with Crippen LogP contribution in [0.2, 0.25) is 0 Å². The highest BCUT2D eigenvalue weighted by Crippen LogP contribution is 2.24. The predicted molar refractivity (Wildman–Crippen MR) is 71.6 cm³/mol. The molecule has 0 aromatic carbocycles. The van der Waals surface area contributed by atoms with E-state index in [-0.39, 0.29) is 18.9 Å². The molecule has 110 valence electrons. The summed E-state index contributed by atoms with van der Waals surface area (Å²) in [4.78, 5) is 24.7. The second kappa shape index (κ2) is 6.09. The van der Waals surface area contributed by atoms with Crippen molar-refractivity contribution in [1.82, 2.24) is 4.90 Å². The summed E-state index contributed by atoms with van der Waals surface area (Å²) in [6.07, 6.45) is 3.52. The van der Waals surface area contributed by atoms with Gasteiger partial charge in [0.25, 0.3) is 0 Å². The molecule has 0 spiro atoms. The Hall–Kier alpha value is -1.82. The first kappa shape index (κ1) is 14.6. The molecule has 6 nitrogen and oxygen atoms in total. The Labute approximate surface area is 117 Å². The van der Waals surface area contributed by atoms with Gasteiger partial charge in [-0.05, 0) is 25.0 Å². The van der Waals surface area contributed by atoms with Gasteiger partial charge >= 0.3 is 0 Å². The van der Waals surface area contributed by atoms with Crippen molar-refractivity contribution >= 4 is 11.8 Å². The number of primary amides is 1. The summed E-state index contributed by atoms with van der Waals surface area (Å²) in [6, 6.07) is 3.61. The van der Waals surface area contributed by atoms with E-state index >= 15 is 0 Å². The van der Waals surface area contributed by atoms with E-state index in [1.807, 2.05) is 6.07 Å². The first-order valence-electron chi connectivity index (χ1n) is 6.79. The summed E-state index contributed by atoms with van der Waals surface area (Å²) >= 11 is 0. The van der Waals surface area contributed by atoms with Gasteiger partial charge < -0.3 is 20.2 Å². The number of furan rings is 1. The third-order valence-electron chi connectivity index (χ3n) is 3.58. The number of hydrogen-bond acceptors (Lipinski definition) is 4. The fourth-order valence-electron chi connectivity index (χ4n) is 2.64. The lowest BCUT2D eigenvalue weighted by molar-refractivity contribution is -0.141. The third-order valence-corrected chi connectivity index (χ3v) is 3.58. The number of rotatable bonds is 5. The molecule has 0 aliphatic carbocycles. The zero-order valence-corrected chi connectivity index (χ0v) is 11.4. The minimum atomic E-state index is -1.18.